The molecule has 2 fully saturated rings. The van der Waals surface area contributed by atoms with E-state index in [1.807, 2.05) is 0 Å². The van der Waals surface area contributed by atoms with E-state index in [-0.39, 0.29) is 5.79 Å². The third-order valence-electron chi connectivity index (χ3n) is 3.09. The van der Waals surface area contributed by atoms with Crippen LogP contribution in [0.25, 0.3) is 0 Å². The van der Waals surface area contributed by atoms with Crippen LogP contribution in [0.3, 0.4) is 0 Å². The zero-order chi connectivity index (χ0) is 7.73. The molecule has 2 heteroatoms. The van der Waals surface area contributed by atoms with Gasteiger partial charge in [-0.15, -0.1) is 0 Å². The number of ether oxygens (including phenoxy) is 2. The molecule has 0 aromatic carbocycles. The van der Waals surface area contributed by atoms with Crippen LogP contribution >= 0.6 is 0 Å². The van der Waals surface area contributed by atoms with Crippen LogP contribution in [0.2, 0.25) is 0 Å². The number of hydrogen-bond donors (Lipinski definition) is 0. The van der Waals surface area contributed by atoms with Gasteiger partial charge in [-0.05, 0) is 25.7 Å². The van der Waals surface area contributed by atoms with Gasteiger partial charge in [0.1, 0.15) is 0 Å². The summed E-state index contributed by atoms with van der Waals surface area (Å²) in [5.74, 6) is 0.513. The van der Waals surface area contributed by atoms with Gasteiger partial charge in [-0.25, -0.2) is 0 Å². The maximum atomic E-state index is 5.72. The fourth-order valence-corrected chi connectivity index (χ4v) is 2.48. The normalized spacial score (nSPS) is 43.9. The van der Waals surface area contributed by atoms with Gasteiger partial charge >= 0.3 is 0 Å². The molecule has 1 saturated heterocycles. The van der Waals surface area contributed by atoms with Gasteiger partial charge in [-0.2, -0.15) is 0 Å². The van der Waals surface area contributed by atoms with Crippen molar-refractivity contribution >= 4 is 0 Å². The van der Waals surface area contributed by atoms with Crippen molar-refractivity contribution in [1.29, 1.82) is 0 Å². The Morgan fingerprint density at radius 2 is 2.18 bits per heavy atom. The second-order valence-corrected chi connectivity index (χ2v) is 3.60. The molecule has 1 aliphatic carbocycles. The highest BCUT2D eigenvalue weighted by Gasteiger charge is 2.45. The summed E-state index contributed by atoms with van der Waals surface area (Å²) >= 11 is 0. The molecule has 1 aliphatic heterocycles. The summed E-state index contributed by atoms with van der Waals surface area (Å²) in [4.78, 5) is 0. The monoisotopic (exact) mass is 156 g/mol. The highest BCUT2D eigenvalue weighted by molar-refractivity contribution is 4.88. The van der Waals surface area contributed by atoms with Gasteiger partial charge < -0.3 is 9.47 Å². The fourth-order valence-electron chi connectivity index (χ4n) is 2.48. The van der Waals surface area contributed by atoms with Gasteiger partial charge in [-0.1, -0.05) is 0 Å². The third kappa shape index (κ3) is 1.09. The minimum Gasteiger partial charge on any atom is -0.353 e. The maximum Gasteiger partial charge on any atom is 0.170 e. The van der Waals surface area contributed by atoms with Crippen LogP contribution < -0.4 is 0 Å². The molecule has 0 aromatic heterocycles. The van der Waals surface area contributed by atoms with Crippen molar-refractivity contribution < 1.29 is 9.47 Å². The summed E-state index contributed by atoms with van der Waals surface area (Å²) in [5, 5.41) is 0. The standard InChI is InChI=1S/C9H16O2/c1-10-9-6-2-4-8(9)5-3-7-11-9/h8H,2-7H2,1H3. The molecular formula is C9H16O2. The smallest absolute Gasteiger partial charge is 0.170 e. The molecule has 11 heavy (non-hydrogen) atoms. The van der Waals surface area contributed by atoms with Crippen molar-refractivity contribution in [2.24, 2.45) is 5.92 Å². The highest BCUT2D eigenvalue weighted by Crippen LogP contribution is 2.44. The Labute approximate surface area is 67.9 Å². The SMILES string of the molecule is COC12CCCC1CCCO2. The molecule has 0 spiro atoms. The average Bonchev–Trinajstić information content (AvgIpc) is 2.48. The van der Waals surface area contributed by atoms with Gasteiger partial charge in [0.2, 0.25) is 0 Å². The van der Waals surface area contributed by atoms with E-state index in [1.165, 1.54) is 25.7 Å². The van der Waals surface area contributed by atoms with E-state index in [0.29, 0.717) is 5.92 Å². The first-order valence-corrected chi connectivity index (χ1v) is 4.56. The lowest BCUT2D eigenvalue weighted by molar-refractivity contribution is -0.260. The van der Waals surface area contributed by atoms with Crippen LogP contribution in [0.4, 0.5) is 0 Å². The van der Waals surface area contributed by atoms with Gasteiger partial charge in [0.05, 0.1) is 6.61 Å². The molecule has 0 N–H and O–H groups in total. The fraction of sp³-hybridized carbons (Fsp3) is 1.00. The molecule has 2 unspecified atom stereocenters. The highest BCUT2D eigenvalue weighted by atomic mass is 16.7. The Kier molecular flexibility index (Phi) is 1.90. The molecule has 2 aliphatic rings. The zero-order valence-electron chi connectivity index (χ0n) is 7.14. The quantitative estimate of drug-likeness (QED) is 0.577. The van der Waals surface area contributed by atoms with Crippen molar-refractivity contribution in [1.82, 2.24) is 0 Å². The largest absolute Gasteiger partial charge is 0.353 e. The summed E-state index contributed by atoms with van der Waals surface area (Å²) in [6.45, 7) is 0.893. The maximum absolute atomic E-state index is 5.72. The molecule has 2 nitrogen and oxygen atoms in total. The Morgan fingerprint density at radius 3 is 2.91 bits per heavy atom. The van der Waals surface area contributed by atoms with Gasteiger partial charge in [0.15, 0.2) is 5.79 Å². The predicted molar refractivity (Wildman–Crippen MR) is 42.3 cm³/mol. The van der Waals surface area contributed by atoms with Gasteiger partial charge in [-0.3, -0.25) is 0 Å². The van der Waals surface area contributed by atoms with E-state index < -0.39 is 0 Å². The van der Waals surface area contributed by atoms with Crippen LogP contribution in [0, 0.1) is 5.92 Å². The predicted octanol–water partition coefficient (Wildman–Crippen LogP) is 1.94. The first-order valence-electron chi connectivity index (χ1n) is 4.56. The topological polar surface area (TPSA) is 18.5 Å². The van der Waals surface area contributed by atoms with Crippen molar-refractivity contribution in [2.75, 3.05) is 13.7 Å². The number of hydrogen-bond acceptors (Lipinski definition) is 2. The van der Waals surface area contributed by atoms with E-state index >= 15 is 0 Å². The Bertz CT molecular complexity index is 146. The summed E-state index contributed by atoms with van der Waals surface area (Å²) in [5.41, 5.74) is 0. The second-order valence-electron chi connectivity index (χ2n) is 3.60. The number of rotatable bonds is 1. The van der Waals surface area contributed by atoms with Crippen molar-refractivity contribution in [2.45, 2.75) is 37.9 Å². The Hall–Kier alpha value is -0.0800. The molecule has 0 aromatic rings. The summed E-state index contributed by atoms with van der Waals surface area (Å²) in [6.07, 6.45) is 6.20. The molecule has 1 heterocycles. The van der Waals surface area contributed by atoms with E-state index in [1.54, 1.807) is 7.11 Å². The van der Waals surface area contributed by atoms with E-state index in [0.717, 1.165) is 13.0 Å². The molecule has 0 radical (unpaired) electrons. The van der Waals surface area contributed by atoms with Gasteiger partial charge in [0.25, 0.3) is 0 Å². The van der Waals surface area contributed by atoms with E-state index in [9.17, 15) is 0 Å². The molecular weight excluding hydrogens is 140 g/mol. The van der Waals surface area contributed by atoms with E-state index in [4.69, 9.17) is 9.47 Å². The lowest BCUT2D eigenvalue weighted by Gasteiger charge is -2.37. The molecule has 1 saturated carbocycles. The number of fused-ring (bicyclic) bond motifs is 1. The van der Waals surface area contributed by atoms with Crippen molar-refractivity contribution in [3.8, 4) is 0 Å². The molecule has 64 valence electrons. The second kappa shape index (κ2) is 2.76. The molecule has 0 amide bonds. The van der Waals surface area contributed by atoms with Crippen molar-refractivity contribution in [3.05, 3.63) is 0 Å². The van der Waals surface area contributed by atoms with Crippen LogP contribution in [-0.2, 0) is 9.47 Å². The number of methoxy groups -OCH3 is 1. The van der Waals surface area contributed by atoms with Crippen LogP contribution in [0.5, 0.6) is 0 Å². The Balaban J connectivity index is 2.12. The minimum absolute atomic E-state index is 0.168. The molecule has 0 bridgehead atoms. The van der Waals surface area contributed by atoms with Gasteiger partial charge in [0, 0.05) is 19.4 Å². The average molecular weight is 156 g/mol. The Morgan fingerprint density at radius 1 is 1.36 bits per heavy atom. The van der Waals surface area contributed by atoms with Crippen molar-refractivity contribution in [3.63, 3.8) is 0 Å². The lowest BCUT2D eigenvalue weighted by atomic mass is 9.94. The van der Waals surface area contributed by atoms with E-state index in [2.05, 4.69) is 0 Å². The summed E-state index contributed by atoms with van der Waals surface area (Å²) in [6, 6.07) is 0. The first-order chi connectivity index (χ1) is 5.37. The lowest BCUT2D eigenvalue weighted by Crippen LogP contribution is -2.42. The first kappa shape index (κ1) is 7.56. The molecule has 2 rings (SSSR count). The summed E-state index contributed by atoms with van der Waals surface area (Å²) in [7, 11) is 1.78. The van der Waals surface area contributed by atoms with Crippen LogP contribution in [0.1, 0.15) is 32.1 Å². The molecule has 2 atom stereocenters. The summed E-state index contributed by atoms with van der Waals surface area (Å²) < 4.78 is 11.2. The van der Waals surface area contributed by atoms with Crippen LogP contribution in [-0.4, -0.2) is 19.5 Å². The zero-order valence-corrected chi connectivity index (χ0v) is 7.14. The minimum atomic E-state index is -0.168. The third-order valence-corrected chi connectivity index (χ3v) is 3.09. The van der Waals surface area contributed by atoms with Crippen LogP contribution in [0.15, 0.2) is 0 Å².